The van der Waals surface area contributed by atoms with E-state index in [0.717, 1.165) is 31.4 Å². The van der Waals surface area contributed by atoms with Gasteiger partial charge in [-0.25, -0.2) is 13.1 Å². The molecular weight excluding hydrogens is 316 g/mol. The van der Waals surface area contributed by atoms with Crippen LogP contribution < -0.4 is 10.0 Å². The molecule has 1 unspecified atom stereocenters. The molecule has 0 spiro atoms. The van der Waals surface area contributed by atoms with Crippen molar-refractivity contribution in [3.8, 4) is 0 Å². The lowest BCUT2D eigenvalue weighted by molar-refractivity contribution is -0.121. The van der Waals surface area contributed by atoms with Gasteiger partial charge in [0.25, 0.3) is 0 Å². The van der Waals surface area contributed by atoms with Crippen LogP contribution in [0.2, 0.25) is 0 Å². The fourth-order valence-electron chi connectivity index (χ4n) is 2.57. The van der Waals surface area contributed by atoms with Gasteiger partial charge >= 0.3 is 0 Å². The Labute approximate surface area is 137 Å². The van der Waals surface area contributed by atoms with Gasteiger partial charge < -0.3 is 10.1 Å². The minimum Gasteiger partial charge on any atom is -0.378 e. The van der Waals surface area contributed by atoms with E-state index in [2.05, 4.69) is 10.0 Å². The third-order valence-corrected chi connectivity index (χ3v) is 5.20. The molecule has 1 aromatic rings. The number of carbonyl (C=O) groups excluding carboxylic acids is 1. The molecule has 1 heterocycles. The minimum absolute atomic E-state index is 0.00579. The van der Waals surface area contributed by atoms with Gasteiger partial charge in [0.05, 0.1) is 11.9 Å². The van der Waals surface area contributed by atoms with Crippen molar-refractivity contribution >= 4 is 15.9 Å². The number of carbonyl (C=O) groups is 1. The Balaban J connectivity index is 1.79. The van der Waals surface area contributed by atoms with Gasteiger partial charge in [0, 0.05) is 19.6 Å². The molecule has 0 aliphatic carbocycles. The Kier molecular flexibility index (Phi) is 6.56. The van der Waals surface area contributed by atoms with Crippen LogP contribution in [0, 0.1) is 0 Å². The van der Waals surface area contributed by atoms with E-state index in [1.54, 1.807) is 18.2 Å². The van der Waals surface area contributed by atoms with E-state index in [1.165, 1.54) is 7.05 Å². The molecule has 0 bridgehead atoms. The average Bonchev–Trinajstić information content (AvgIpc) is 3.04. The van der Waals surface area contributed by atoms with Crippen molar-refractivity contribution in [2.75, 3.05) is 13.7 Å². The lowest BCUT2D eigenvalue weighted by Gasteiger charge is -2.10. The minimum atomic E-state index is -3.29. The van der Waals surface area contributed by atoms with Gasteiger partial charge in [-0.05, 0) is 37.4 Å². The summed E-state index contributed by atoms with van der Waals surface area (Å²) in [5.41, 5.74) is 1.59. The maximum atomic E-state index is 11.9. The second-order valence-corrected chi connectivity index (χ2v) is 7.66. The Morgan fingerprint density at radius 3 is 2.83 bits per heavy atom. The summed E-state index contributed by atoms with van der Waals surface area (Å²) in [5, 5.41) is 2.87. The maximum absolute atomic E-state index is 11.9. The van der Waals surface area contributed by atoms with E-state index < -0.39 is 10.0 Å². The first kappa shape index (κ1) is 17.9. The third-order valence-electron chi connectivity index (χ3n) is 3.87. The van der Waals surface area contributed by atoms with Crippen LogP contribution in [-0.4, -0.2) is 34.1 Å². The Morgan fingerprint density at radius 2 is 2.13 bits per heavy atom. The molecule has 1 fully saturated rings. The normalized spacial score (nSPS) is 18.0. The number of hydrogen-bond acceptors (Lipinski definition) is 4. The van der Waals surface area contributed by atoms with Gasteiger partial charge in [-0.3, -0.25) is 4.79 Å². The largest absolute Gasteiger partial charge is 0.378 e. The Morgan fingerprint density at radius 1 is 1.35 bits per heavy atom. The summed E-state index contributed by atoms with van der Waals surface area (Å²) in [5.74, 6) is -0.0710. The van der Waals surface area contributed by atoms with Crippen molar-refractivity contribution in [2.45, 2.75) is 44.1 Å². The molecule has 2 N–H and O–H groups in total. The van der Waals surface area contributed by atoms with Crippen molar-refractivity contribution in [3.05, 3.63) is 35.4 Å². The third kappa shape index (κ3) is 6.29. The van der Waals surface area contributed by atoms with Crippen molar-refractivity contribution < 1.29 is 17.9 Å². The first-order valence-electron chi connectivity index (χ1n) is 7.86. The summed E-state index contributed by atoms with van der Waals surface area (Å²) in [6, 6.07) is 7.23. The number of amides is 1. The summed E-state index contributed by atoms with van der Waals surface area (Å²) < 4.78 is 30.9. The second-order valence-electron chi connectivity index (χ2n) is 5.73. The predicted octanol–water partition coefficient (Wildman–Crippen LogP) is 1.31. The van der Waals surface area contributed by atoms with Crippen molar-refractivity contribution in [2.24, 2.45) is 0 Å². The second kappa shape index (κ2) is 8.42. The van der Waals surface area contributed by atoms with Crippen LogP contribution in [0.4, 0.5) is 0 Å². The van der Waals surface area contributed by atoms with E-state index in [4.69, 9.17) is 4.74 Å². The number of hydrogen-bond donors (Lipinski definition) is 2. The summed E-state index contributed by atoms with van der Waals surface area (Å²) in [6.07, 6.45) is 3.55. The van der Waals surface area contributed by atoms with Crippen LogP contribution >= 0.6 is 0 Å². The standard InChI is InChI=1S/C16H24N2O4S/c1-17-23(20,21)12-14-5-2-4-13(10-14)11-18-16(19)8-7-15-6-3-9-22-15/h2,4-5,10,15,17H,3,6-9,11-12H2,1H3,(H,18,19). The molecule has 2 rings (SSSR count). The zero-order chi connectivity index (χ0) is 16.7. The van der Waals surface area contributed by atoms with E-state index >= 15 is 0 Å². The van der Waals surface area contributed by atoms with Crippen LogP contribution in [0.3, 0.4) is 0 Å². The molecule has 1 atom stereocenters. The molecule has 6 nitrogen and oxygen atoms in total. The molecule has 1 amide bonds. The number of rotatable bonds is 8. The quantitative estimate of drug-likeness (QED) is 0.747. The zero-order valence-corrected chi connectivity index (χ0v) is 14.2. The molecule has 0 aromatic heterocycles. The molecule has 0 saturated carbocycles. The molecule has 1 aliphatic heterocycles. The highest BCUT2D eigenvalue weighted by molar-refractivity contribution is 7.88. The van der Waals surface area contributed by atoms with Gasteiger partial charge in [-0.15, -0.1) is 0 Å². The maximum Gasteiger partial charge on any atom is 0.220 e. The van der Waals surface area contributed by atoms with Crippen LogP contribution in [0.5, 0.6) is 0 Å². The molecule has 1 aromatic carbocycles. The first-order valence-corrected chi connectivity index (χ1v) is 9.51. The lowest BCUT2D eigenvalue weighted by atomic mass is 10.1. The number of nitrogens with one attached hydrogen (secondary N) is 2. The lowest BCUT2D eigenvalue weighted by Crippen LogP contribution is -2.24. The summed E-state index contributed by atoms with van der Waals surface area (Å²) in [6.45, 7) is 1.20. The summed E-state index contributed by atoms with van der Waals surface area (Å²) in [4.78, 5) is 11.9. The molecule has 0 radical (unpaired) electrons. The van der Waals surface area contributed by atoms with E-state index in [9.17, 15) is 13.2 Å². The summed E-state index contributed by atoms with van der Waals surface area (Å²) in [7, 11) is -1.89. The molecule has 23 heavy (non-hydrogen) atoms. The van der Waals surface area contributed by atoms with Gasteiger partial charge in [0.1, 0.15) is 0 Å². The molecule has 1 aliphatic rings. The molecule has 1 saturated heterocycles. The first-order chi connectivity index (χ1) is 11.0. The average molecular weight is 340 g/mol. The molecule has 7 heteroatoms. The highest BCUT2D eigenvalue weighted by Gasteiger charge is 2.16. The fourth-order valence-corrected chi connectivity index (χ4v) is 3.34. The molecular formula is C16H24N2O4S. The number of sulfonamides is 1. The van der Waals surface area contributed by atoms with E-state index in [1.807, 2.05) is 6.07 Å². The Bertz CT molecular complexity index is 625. The fraction of sp³-hybridized carbons (Fsp3) is 0.562. The van der Waals surface area contributed by atoms with Crippen LogP contribution in [0.15, 0.2) is 24.3 Å². The van der Waals surface area contributed by atoms with Crippen molar-refractivity contribution in [1.82, 2.24) is 10.0 Å². The number of ether oxygens (including phenoxy) is 1. The van der Waals surface area contributed by atoms with Gasteiger partial charge in [0.2, 0.25) is 15.9 Å². The summed E-state index contributed by atoms with van der Waals surface area (Å²) >= 11 is 0. The van der Waals surface area contributed by atoms with Crippen molar-refractivity contribution in [3.63, 3.8) is 0 Å². The van der Waals surface area contributed by atoms with Gasteiger partial charge in [0.15, 0.2) is 0 Å². The van der Waals surface area contributed by atoms with Crippen LogP contribution in [0.25, 0.3) is 0 Å². The smallest absolute Gasteiger partial charge is 0.220 e. The monoisotopic (exact) mass is 340 g/mol. The van der Waals surface area contributed by atoms with Crippen LogP contribution in [-0.2, 0) is 31.9 Å². The van der Waals surface area contributed by atoms with Gasteiger partial charge in [-0.1, -0.05) is 24.3 Å². The SMILES string of the molecule is CNS(=O)(=O)Cc1cccc(CNC(=O)CCC2CCCO2)c1. The zero-order valence-electron chi connectivity index (χ0n) is 13.4. The highest BCUT2D eigenvalue weighted by Crippen LogP contribution is 2.16. The Hall–Kier alpha value is -1.44. The van der Waals surface area contributed by atoms with Gasteiger partial charge in [-0.2, -0.15) is 0 Å². The molecule has 128 valence electrons. The highest BCUT2D eigenvalue weighted by atomic mass is 32.2. The number of benzene rings is 1. The van der Waals surface area contributed by atoms with Crippen molar-refractivity contribution in [1.29, 1.82) is 0 Å². The van der Waals surface area contributed by atoms with Crippen LogP contribution in [0.1, 0.15) is 36.8 Å². The van der Waals surface area contributed by atoms with E-state index in [0.29, 0.717) is 18.5 Å². The van der Waals surface area contributed by atoms with E-state index in [-0.39, 0.29) is 17.8 Å². The topological polar surface area (TPSA) is 84.5 Å². The predicted molar refractivity (Wildman–Crippen MR) is 88.2 cm³/mol.